The van der Waals surface area contributed by atoms with E-state index in [1.54, 1.807) is 14.2 Å². The van der Waals surface area contributed by atoms with Gasteiger partial charge in [0, 0.05) is 0 Å². The third kappa shape index (κ3) is 4.33. The van der Waals surface area contributed by atoms with Crippen LogP contribution in [0.4, 0.5) is 0 Å². The first-order valence-electron chi connectivity index (χ1n) is 11.1. The van der Waals surface area contributed by atoms with E-state index >= 15 is 0 Å². The van der Waals surface area contributed by atoms with Crippen molar-refractivity contribution in [3.63, 3.8) is 0 Å². The molecule has 3 aromatic carbocycles. The zero-order valence-corrected chi connectivity index (χ0v) is 19.5. The van der Waals surface area contributed by atoms with Gasteiger partial charge in [0.05, 0.1) is 33.9 Å². The number of hydrogen-bond acceptors (Lipinski definition) is 5. The Bertz CT molecular complexity index is 1010. The molecule has 0 N–H and O–H groups in total. The summed E-state index contributed by atoms with van der Waals surface area (Å²) in [5.41, 5.74) is 2.08. The molecule has 5 heteroatoms. The van der Waals surface area contributed by atoms with Crippen molar-refractivity contribution in [2.24, 2.45) is 17.8 Å². The van der Waals surface area contributed by atoms with Crippen molar-refractivity contribution < 1.29 is 23.7 Å². The molecule has 4 rings (SSSR count). The fourth-order valence-corrected chi connectivity index (χ4v) is 4.62. The van der Waals surface area contributed by atoms with Crippen LogP contribution in [0.15, 0.2) is 78.9 Å². The Morgan fingerprint density at radius 1 is 0.758 bits per heavy atom. The highest BCUT2D eigenvalue weighted by Crippen LogP contribution is 2.49. The standard InChI is InChI=1S/C28H30O5/c1-19-25(26(19)27(29)32-4)18-33-28(20-8-6-5-7-9-20,21-10-14-23(30-2)15-11-21)22-12-16-24(31-3)17-13-22/h5-17,19,25-26H,18H2,1-4H3. The Morgan fingerprint density at radius 3 is 1.70 bits per heavy atom. The predicted molar refractivity (Wildman–Crippen MR) is 126 cm³/mol. The van der Waals surface area contributed by atoms with E-state index < -0.39 is 5.60 Å². The van der Waals surface area contributed by atoms with Gasteiger partial charge in [-0.25, -0.2) is 0 Å². The van der Waals surface area contributed by atoms with E-state index in [4.69, 9.17) is 18.9 Å². The molecule has 33 heavy (non-hydrogen) atoms. The summed E-state index contributed by atoms with van der Waals surface area (Å²) in [6, 6.07) is 26.1. The number of carbonyl (C=O) groups excluding carboxylic acids is 1. The normalized spacial score (nSPS) is 19.6. The minimum absolute atomic E-state index is 0.108. The molecule has 1 fully saturated rings. The van der Waals surface area contributed by atoms with Gasteiger partial charge < -0.3 is 18.9 Å². The van der Waals surface area contributed by atoms with Crippen LogP contribution in [-0.4, -0.2) is 33.9 Å². The minimum atomic E-state index is -0.872. The zero-order chi connectivity index (χ0) is 23.4. The molecule has 1 aliphatic carbocycles. The van der Waals surface area contributed by atoms with Gasteiger partial charge in [-0.15, -0.1) is 0 Å². The van der Waals surface area contributed by atoms with E-state index in [-0.39, 0.29) is 23.7 Å². The Labute approximate surface area is 195 Å². The molecule has 0 aliphatic heterocycles. The number of methoxy groups -OCH3 is 3. The van der Waals surface area contributed by atoms with Crippen molar-refractivity contribution >= 4 is 5.97 Å². The number of benzene rings is 3. The van der Waals surface area contributed by atoms with Crippen molar-refractivity contribution in [3.05, 3.63) is 95.6 Å². The van der Waals surface area contributed by atoms with Crippen LogP contribution in [-0.2, 0) is 19.9 Å². The van der Waals surface area contributed by atoms with Crippen molar-refractivity contribution in [2.75, 3.05) is 27.9 Å². The maximum atomic E-state index is 12.2. The van der Waals surface area contributed by atoms with E-state index in [0.717, 1.165) is 28.2 Å². The monoisotopic (exact) mass is 446 g/mol. The van der Waals surface area contributed by atoms with Gasteiger partial charge in [0.2, 0.25) is 0 Å². The number of carbonyl (C=O) groups is 1. The predicted octanol–water partition coefficient (Wildman–Crippen LogP) is 5.07. The maximum Gasteiger partial charge on any atom is 0.309 e. The molecule has 0 radical (unpaired) electrons. The summed E-state index contributed by atoms with van der Waals surface area (Å²) in [6.45, 7) is 2.49. The van der Waals surface area contributed by atoms with Crippen LogP contribution in [0.3, 0.4) is 0 Å². The summed E-state index contributed by atoms with van der Waals surface area (Å²) in [7, 11) is 4.75. The van der Waals surface area contributed by atoms with Crippen LogP contribution in [0, 0.1) is 17.8 Å². The van der Waals surface area contributed by atoms with Gasteiger partial charge >= 0.3 is 5.97 Å². The molecule has 0 bridgehead atoms. The number of esters is 1. The average molecular weight is 447 g/mol. The highest BCUT2D eigenvalue weighted by molar-refractivity contribution is 5.76. The third-order valence-electron chi connectivity index (χ3n) is 6.70. The molecule has 1 aliphatic rings. The number of hydrogen-bond donors (Lipinski definition) is 0. The Balaban J connectivity index is 1.81. The van der Waals surface area contributed by atoms with Crippen molar-refractivity contribution in [1.29, 1.82) is 0 Å². The second-order valence-corrected chi connectivity index (χ2v) is 8.39. The van der Waals surface area contributed by atoms with Gasteiger partial charge in [0.1, 0.15) is 17.1 Å². The van der Waals surface area contributed by atoms with Crippen LogP contribution in [0.5, 0.6) is 11.5 Å². The highest BCUT2D eigenvalue weighted by atomic mass is 16.5. The van der Waals surface area contributed by atoms with Gasteiger partial charge in [-0.05, 0) is 52.8 Å². The van der Waals surface area contributed by atoms with Crippen LogP contribution in [0.2, 0.25) is 0 Å². The average Bonchev–Trinajstić information content (AvgIpc) is 3.54. The Hall–Kier alpha value is -3.31. The first-order valence-corrected chi connectivity index (χ1v) is 11.1. The Kier molecular flexibility index (Phi) is 6.70. The van der Waals surface area contributed by atoms with Crippen molar-refractivity contribution in [2.45, 2.75) is 12.5 Å². The van der Waals surface area contributed by atoms with E-state index in [2.05, 4.69) is 19.1 Å². The molecule has 0 spiro atoms. The lowest BCUT2D eigenvalue weighted by Crippen LogP contribution is -2.34. The smallest absolute Gasteiger partial charge is 0.309 e. The van der Waals surface area contributed by atoms with Gasteiger partial charge in [0.15, 0.2) is 0 Å². The summed E-state index contributed by atoms with van der Waals surface area (Å²) in [5, 5.41) is 0. The molecule has 5 nitrogen and oxygen atoms in total. The molecule has 0 heterocycles. The fourth-order valence-electron chi connectivity index (χ4n) is 4.62. The zero-order valence-electron chi connectivity index (χ0n) is 19.5. The molecule has 3 unspecified atom stereocenters. The maximum absolute atomic E-state index is 12.2. The van der Waals surface area contributed by atoms with Gasteiger partial charge in [-0.1, -0.05) is 61.5 Å². The number of ether oxygens (including phenoxy) is 4. The lowest BCUT2D eigenvalue weighted by molar-refractivity contribution is -0.143. The number of rotatable bonds is 9. The van der Waals surface area contributed by atoms with Crippen LogP contribution in [0.1, 0.15) is 23.6 Å². The summed E-state index contributed by atoms with van der Waals surface area (Å²) >= 11 is 0. The first-order chi connectivity index (χ1) is 16.0. The third-order valence-corrected chi connectivity index (χ3v) is 6.70. The van der Waals surface area contributed by atoms with E-state index in [9.17, 15) is 4.79 Å². The topological polar surface area (TPSA) is 54.0 Å². The largest absolute Gasteiger partial charge is 0.497 e. The molecular weight excluding hydrogens is 416 g/mol. The van der Waals surface area contributed by atoms with Crippen LogP contribution >= 0.6 is 0 Å². The molecule has 0 amide bonds. The van der Waals surface area contributed by atoms with Gasteiger partial charge in [-0.2, -0.15) is 0 Å². The first kappa shape index (κ1) is 22.9. The molecular formula is C28H30O5. The second-order valence-electron chi connectivity index (χ2n) is 8.39. The highest BCUT2D eigenvalue weighted by Gasteiger charge is 2.53. The van der Waals surface area contributed by atoms with Gasteiger partial charge in [0.25, 0.3) is 0 Å². The molecule has 3 atom stereocenters. The van der Waals surface area contributed by atoms with Crippen molar-refractivity contribution in [3.8, 4) is 11.5 Å². The van der Waals surface area contributed by atoms with Crippen LogP contribution in [0.25, 0.3) is 0 Å². The quantitative estimate of drug-likeness (QED) is 0.339. The molecule has 0 saturated heterocycles. The summed E-state index contributed by atoms with van der Waals surface area (Å²) in [4.78, 5) is 12.2. The molecule has 1 saturated carbocycles. The van der Waals surface area contributed by atoms with Crippen LogP contribution < -0.4 is 9.47 Å². The lowest BCUT2D eigenvalue weighted by Gasteiger charge is -2.36. The Morgan fingerprint density at radius 2 is 1.24 bits per heavy atom. The fraction of sp³-hybridized carbons (Fsp3) is 0.321. The van der Waals surface area contributed by atoms with Gasteiger partial charge in [-0.3, -0.25) is 4.79 Å². The summed E-state index contributed by atoms with van der Waals surface area (Å²) < 4.78 is 22.6. The SMILES string of the molecule is COC(=O)C1C(C)C1COC(c1ccccc1)(c1ccc(OC)cc1)c1ccc(OC)cc1. The minimum Gasteiger partial charge on any atom is -0.497 e. The van der Waals surface area contributed by atoms with E-state index in [1.807, 2.05) is 66.7 Å². The molecule has 0 aromatic heterocycles. The van der Waals surface area contributed by atoms with E-state index in [1.165, 1.54) is 7.11 Å². The summed E-state index contributed by atoms with van der Waals surface area (Å²) in [5.74, 6) is 1.58. The summed E-state index contributed by atoms with van der Waals surface area (Å²) in [6.07, 6.45) is 0. The molecule has 172 valence electrons. The van der Waals surface area contributed by atoms with Crippen molar-refractivity contribution in [1.82, 2.24) is 0 Å². The van der Waals surface area contributed by atoms with E-state index in [0.29, 0.717) is 6.61 Å². The second kappa shape index (κ2) is 9.67. The lowest BCUT2D eigenvalue weighted by atomic mass is 9.80. The molecule has 3 aromatic rings.